The molecule has 1 aliphatic heterocycles. The molecule has 0 saturated carbocycles. The Bertz CT molecular complexity index is 484. The lowest BCUT2D eigenvalue weighted by atomic mass is 9.91. The number of hydrogen-bond donors (Lipinski definition) is 1. The molecule has 1 aliphatic rings. The molecule has 0 unspecified atom stereocenters. The zero-order valence-electron chi connectivity index (χ0n) is 21.5. The summed E-state index contributed by atoms with van der Waals surface area (Å²) in [5.74, 6) is 0. The third-order valence-corrected chi connectivity index (χ3v) is 5.20. The van der Waals surface area contributed by atoms with Gasteiger partial charge in [0.25, 0.3) is 0 Å². The van der Waals surface area contributed by atoms with Crippen LogP contribution in [0.2, 0.25) is 0 Å². The van der Waals surface area contributed by atoms with Crippen LogP contribution in [0.25, 0.3) is 0 Å². The molecule has 0 radical (unpaired) electrons. The fourth-order valence-electron chi connectivity index (χ4n) is 3.20. The van der Waals surface area contributed by atoms with E-state index in [1.807, 2.05) is 0 Å². The van der Waals surface area contributed by atoms with Crippen molar-refractivity contribution in [3.8, 4) is 0 Å². The van der Waals surface area contributed by atoms with Crippen LogP contribution in [-0.2, 0) is 42.6 Å². The van der Waals surface area contributed by atoms with E-state index in [1.54, 1.807) is 7.11 Å². The zero-order chi connectivity index (χ0) is 26.2. The Morgan fingerprint density at radius 1 is 0.528 bits per heavy atom. The fraction of sp³-hybridized carbons (Fsp3) is 1.00. The highest BCUT2D eigenvalue weighted by molar-refractivity contribution is 4.93. The van der Waals surface area contributed by atoms with E-state index in [2.05, 4.69) is 5.32 Å². The Hall–Kier alpha value is -0.610. The van der Waals surface area contributed by atoms with Gasteiger partial charge in [-0.15, -0.1) is 0 Å². The Labute approximate surface area is 212 Å². The van der Waals surface area contributed by atoms with Gasteiger partial charge in [-0.25, -0.2) is 0 Å². The first kappa shape index (κ1) is 33.4. The summed E-state index contributed by atoms with van der Waals surface area (Å²) < 4.78 is 87.5. The molecule has 0 aliphatic carbocycles. The highest BCUT2D eigenvalue weighted by Gasteiger charge is 2.56. The third-order valence-electron chi connectivity index (χ3n) is 5.20. The second-order valence-corrected chi connectivity index (χ2v) is 7.87. The van der Waals surface area contributed by atoms with Gasteiger partial charge in [-0.3, -0.25) is 0 Å². The van der Waals surface area contributed by atoms with Gasteiger partial charge in [-0.05, 0) is 25.9 Å². The summed E-state index contributed by atoms with van der Waals surface area (Å²) in [4.78, 5) is 0. The molecule has 0 aromatic rings. The van der Waals surface area contributed by atoms with Gasteiger partial charge in [0.1, 0.15) is 0 Å². The van der Waals surface area contributed by atoms with Crippen LogP contribution in [0, 0.1) is 0 Å². The first-order chi connectivity index (χ1) is 17.5. The second-order valence-electron chi connectivity index (χ2n) is 7.87. The largest absolute Gasteiger partial charge is 0.417 e. The fourth-order valence-corrected chi connectivity index (χ4v) is 3.20. The normalized spacial score (nSPS) is 16.0. The molecule has 0 aromatic carbocycles. The zero-order valence-corrected chi connectivity index (χ0v) is 21.5. The summed E-state index contributed by atoms with van der Waals surface area (Å²) >= 11 is 0. The quantitative estimate of drug-likeness (QED) is 0.173. The number of halogens is 3. The number of piperidine rings is 1. The van der Waals surface area contributed by atoms with Crippen LogP contribution in [0.5, 0.6) is 0 Å². The van der Waals surface area contributed by atoms with Crippen LogP contribution in [0.4, 0.5) is 13.2 Å². The lowest BCUT2D eigenvalue weighted by molar-refractivity contribution is -0.287. The molecule has 0 bridgehead atoms. The molecule has 216 valence electrons. The average molecular weight is 536 g/mol. The molecule has 1 N–H and O–H groups in total. The van der Waals surface area contributed by atoms with Gasteiger partial charge in [0, 0.05) is 7.11 Å². The molecular weight excluding hydrogens is 491 g/mol. The number of ether oxygens (including phenoxy) is 9. The van der Waals surface area contributed by atoms with Crippen LogP contribution < -0.4 is 5.32 Å². The topological polar surface area (TPSA) is 95.1 Å². The maximum absolute atomic E-state index is 13.3. The van der Waals surface area contributed by atoms with Crippen molar-refractivity contribution >= 4 is 0 Å². The van der Waals surface area contributed by atoms with Crippen molar-refractivity contribution < 1.29 is 55.8 Å². The van der Waals surface area contributed by atoms with Gasteiger partial charge in [0.2, 0.25) is 0 Å². The number of alkyl halides is 3. The minimum absolute atomic E-state index is 0.0824. The molecule has 0 amide bonds. The van der Waals surface area contributed by atoms with Crippen LogP contribution >= 0.6 is 0 Å². The lowest BCUT2D eigenvalue weighted by Crippen LogP contribution is -2.54. The monoisotopic (exact) mass is 535 g/mol. The van der Waals surface area contributed by atoms with Crippen LogP contribution in [0.15, 0.2) is 0 Å². The molecule has 0 aromatic heterocycles. The smallest absolute Gasteiger partial charge is 0.382 e. The Morgan fingerprint density at radius 3 is 1.14 bits per heavy atom. The molecule has 13 heteroatoms. The molecule has 10 nitrogen and oxygen atoms in total. The van der Waals surface area contributed by atoms with Gasteiger partial charge in [0.15, 0.2) is 5.60 Å². The maximum Gasteiger partial charge on any atom is 0.417 e. The van der Waals surface area contributed by atoms with Gasteiger partial charge in [-0.2, -0.15) is 13.2 Å². The van der Waals surface area contributed by atoms with Crippen molar-refractivity contribution in [1.29, 1.82) is 0 Å². The van der Waals surface area contributed by atoms with E-state index in [0.717, 1.165) is 0 Å². The number of methoxy groups -OCH3 is 1. The maximum atomic E-state index is 13.3. The van der Waals surface area contributed by atoms with Crippen molar-refractivity contribution in [2.75, 3.05) is 126 Å². The molecule has 1 saturated heterocycles. The summed E-state index contributed by atoms with van der Waals surface area (Å²) in [6.45, 7) is 7.04. The van der Waals surface area contributed by atoms with Gasteiger partial charge in [-0.1, -0.05) is 0 Å². The van der Waals surface area contributed by atoms with E-state index < -0.39 is 11.8 Å². The molecule has 1 rings (SSSR count). The van der Waals surface area contributed by atoms with E-state index in [9.17, 15) is 13.2 Å². The van der Waals surface area contributed by atoms with Gasteiger partial charge in [0.05, 0.1) is 106 Å². The molecule has 1 fully saturated rings. The van der Waals surface area contributed by atoms with Crippen LogP contribution in [0.3, 0.4) is 0 Å². The van der Waals surface area contributed by atoms with E-state index in [-0.39, 0.29) is 32.7 Å². The third kappa shape index (κ3) is 17.0. The average Bonchev–Trinajstić information content (AvgIpc) is 2.86. The van der Waals surface area contributed by atoms with Crippen molar-refractivity contribution in [2.24, 2.45) is 0 Å². The van der Waals surface area contributed by atoms with E-state index in [1.165, 1.54) is 0 Å². The number of nitrogens with one attached hydrogen (secondary N) is 1. The van der Waals surface area contributed by atoms with E-state index >= 15 is 0 Å². The minimum atomic E-state index is -4.38. The first-order valence-electron chi connectivity index (χ1n) is 12.5. The molecule has 1 heterocycles. The molecular formula is C23H44F3NO9. The highest BCUT2D eigenvalue weighted by atomic mass is 19.4. The van der Waals surface area contributed by atoms with Crippen molar-refractivity contribution in [1.82, 2.24) is 5.32 Å². The minimum Gasteiger partial charge on any atom is -0.382 e. The van der Waals surface area contributed by atoms with Crippen molar-refractivity contribution in [3.63, 3.8) is 0 Å². The predicted octanol–water partition coefficient (Wildman–Crippen LogP) is 1.45. The van der Waals surface area contributed by atoms with E-state index in [4.69, 9.17) is 42.6 Å². The predicted molar refractivity (Wildman–Crippen MR) is 124 cm³/mol. The summed E-state index contributed by atoms with van der Waals surface area (Å²) in [6, 6.07) is 0. The summed E-state index contributed by atoms with van der Waals surface area (Å²) in [7, 11) is 1.63. The highest BCUT2D eigenvalue weighted by Crippen LogP contribution is 2.40. The molecule has 0 atom stereocenters. The lowest BCUT2D eigenvalue weighted by Gasteiger charge is -2.38. The van der Waals surface area contributed by atoms with Crippen LogP contribution in [0.1, 0.15) is 12.8 Å². The Kier molecular flexibility index (Phi) is 20.8. The van der Waals surface area contributed by atoms with Crippen molar-refractivity contribution in [3.05, 3.63) is 0 Å². The van der Waals surface area contributed by atoms with E-state index in [0.29, 0.717) is 99.0 Å². The summed E-state index contributed by atoms with van der Waals surface area (Å²) in [6.07, 6.45) is -4.55. The summed E-state index contributed by atoms with van der Waals surface area (Å²) in [5.41, 5.74) is -2.07. The number of rotatable bonds is 25. The van der Waals surface area contributed by atoms with Crippen LogP contribution in [-0.4, -0.2) is 138 Å². The molecule has 0 spiro atoms. The summed E-state index contributed by atoms with van der Waals surface area (Å²) in [5, 5.41) is 2.92. The SMILES string of the molecule is COCCOCCOCCOCCOCCOCCOCCOCCOC1(C(F)(F)F)CCNCC1. The molecule has 36 heavy (non-hydrogen) atoms. The van der Waals surface area contributed by atoms with Gasteiger partial charge >= 0.3 is 6.18 Å². The first-order valence-corrected chi connectivity index (χ1v) is 12.5. The standard InChI is InChI=1S/C23H44F3NO9/c1-28-6-7-29-8-9-30-10-11-31-12-13-32-14-15-33-16-17-34-18-19-35-20-21-36-22(23(24,25)26)2-4-27-5-3-22/h27H,2-21H2,1H3. The Morgan fingerprint density at radius 2 is 0.833 bits per heavy atom. The van der Waals surface area contributed by atoms with Crippen molar-refractivity contribution in [2.45, 2.75) is 24.6 Å². The van der Waals surface area contributed by atoms with Gasteiger partial charge < -0.3 is 47.9 Å². The Balaban J connectivity index is 1.76. The number of hydrogen-bond acceptors (Lipinski definition) is 10. The second kappa shape index (κ2) is 22.4.